The molecule has 90 valence electrons. The van der Waals surface area contributed by atoms with E-state index in [0.717, 1.165) is 6.42 Å². The van der Waals surface area contributed by atoms with Crippen molar-refractivity contribution in [2.45, 2.75) is 45.3 Å². The lowest BCUT2D eigenvalue weighted by atomic mass is 10.2. The van der Waals surface area contributed by atoms with Crippen LogP contribution in [0.15, 0.2) is 0 Å². The number of carbonyl (C=O) groups excluding carboxylic acids is 1. The van der Waals surface area contributed by atoms with Gasteiger partial charge in [0.2, 0.25) is 0 Å². The third-order valence-electron chi connectivity index (χ3n) is 2.31. The van der Waals surface area contributed by atoms with Gasteiger partial charge in [0.25, 0.3) is 0 Å². The van der Waals surface area contributed by atoms with Crippen LogP contribution in [0.1, 0.15) is 40.5 Å². The summed E-state index contributed by atoms with van der Waals surface area (Å²) in [6.07, 6.45) is 1.36. The molecule has 0 saturated carbocycles. The van der Waals surface area contributed by atoms with Crippen molar-refractivity contribution < 1.29 is 17.9 Å². The molecule has 0 aromatic heterocycles. The molecular weight excluding hydrogens is 216 g/mol. The first kappa shape index (κ1) is 14.4. The van der Waals surface area contributed by atoms with E-state index >= 15 is 0 Å². The summed E-state index contributed by atoms with van der Waals surface area (Å²) in [5.74, 6) is -0.629. The van der Waals surface area contributed by atoms with Crippen LogP contribution in [0, 0.1) is 0 Å². The smallest absolute Gasteiger partial charge is 0.326 e. The Morgan fingerprint density at radius 1 is 1.27 bits per heavy atom. The highest BCUT2D eigenvalue weighted by atomic mass is 32.2. The highest BCUT2D eigenvalue weighted by Gasteiger charge is 2.42. The van der Waals surface area contributed by atoms with Gasteiger partial charge < -0.3 is 4.74 Å². The molecule has 0 spiro atoms. The maximum absolute atomic E-state index is 11.8. The first-order valence-electron chi connectivity index (χ1n) is 5.19. The molecule has 0 amide bonds. The van der Waals surface area contributed by atoms with Crippen LogP contribution in [0.3, 0.4) is 0 Å². The summed E-state index contributed by atoms with van der Waals surface area (Å²) in [6, 6.07) is 0. The first-order valence-corrected chi connectivity index (χ1v) is 6.84. The van der Waals surface area contributed by atoms with Gasteiger partial charge in [-0.2, -0.15) is 0 Å². The fraction of sp³-hybridized carbons (Fsp3) is 0.900. The maximum Gasteiger partial charge on any atom is 0.326 e. The molecular formula is C10H20O4S. The van der Waals surface area contributed by atoms with Gasteiger partial charge in [0, 0.05) is 0 Å². The molecule has 0 aromatic rings. The summed E-state index contributed by atoms with van der Waals surface area (Å²) < 4.78 is 27.0. The van der Waals surface area contributed by atoms with Crippen LogP contribution in [0.2, 0.25) is 0 Å². The Kier molecular flexibility index (Phi) is 5.28. The third-order valence-corrected chi connectivity index (χ3v) is 4.86. The molecule has 0 aliphatic heterocycles. The van der Waals surface area contributed by atoms with E-state index in [1.54, 1.807) is 6.92 Å². The van der Waals surface area contributed by atoms with Crippen molar-refractivity contribution in [1.29, 1.82) is 0 Å². The third kappa shape index (κ3) is 3.48. The zero-order valence-electron chi connectivity index (χ0n) is 9.87. The predicted octanol–water partition coefficient (Wildman–Crippen LogP) is 1.54. The molecule has 4 nitrogen and oxygen atoms in total. The predicted molar refractivity (Wildman–Crippen MR) is 59.4 cm³/mol. The van der Waals surface area contributed by atoms with Gasteiger partial charge in [0.05, 0.1) is 12.4 Å². The molecule has 0 radical (unpaired) electrons. The molecule has 15 heavy (non-hydrogen) atoms. The number of ether oxygens (including phenoxy) is 1. The van der Waals surface area contributed by atoms with Gasteiger partial charge in [-0.25, -0.2) is 8.42 Å². The summed E-state index contributed by atoms with van der Waals surface area (Å²) in [5, 5.41) is 0. The molecule has 0 fully saturated rings. The normalized spacial score (nSPS) is 12.5. The Labute approximate surface area is 91.9 Å². The Morgan fingerprint density at radius 3 is 2.20 bits per heavy atom. The van der Waals surface area contributed by atoms with Gasteiger partial charge in [-0.1, -0.05) is 13.3 Å². The lowest BCUT2D eigenvalue weighted by molar-refractivity contribution is -0.145. The highest BCUT2D eigenvalue weighted by Crippen LogP contribution is 2.20. The van der Waals surface area contributed by atoms with Crippen molar-refractivity contribution in [1.82, 2.24) is 0 Å². The molecule has 0 aliphatic carbocycles. The van der Waals surface area contributed by atoms with Crippen molar-refractivity contribution in [3.63, 3.8) is 0 Å². The number of unbranched alkanes of at least 4 members (excludes halogenated alkanes) is 1. The van der Waals surface area contributed by atoms with E-state index in [4.69, 9.17) is 4.74 Å². The maximum atomic E-state index is 11.8. The van der Waals surface area contributed by atoms with Crippen LogP contribution in [0.4, 0.5) is 0 Å². The average Bonchev–Trinajstić information content (AvgIpc) is 2.15. The summed E-state index contributed by atoms with van der Waals surface area (Å²) in [7, 11) is -3.42. The van der Waals surface area contributed by atoms with E-state index in [2.05, 4.69) is 0 Å². The Bertz CT molecular complexity index is 303. The summed E-state index contributed by atoms with van der Waals surface area (Å²) in [6.45, 7) is 6.57. The Hall–Kier alpha value is -0.580. The quantitative estimate of drug-likeness (QED) is 0.656. The lowest BCUT2D eigenvalue weighted by Crippen LogP contribution is -2.43. The fourth-order valence-corrected chi connectivity index (χ4v) is 2.51. The number of hydrogen-bond donors (Lipinski definition) is 0. The van der Waals surface area contributed by atoms with Crippen LogP contribution in [-0.2, 0) is 19.4 Å². The van der Waals surface area contributed by atoms with E-state index in [0.29, 0.717) is 6.42 Å². The van der Waals surface area contributed by atoms with Gasteiger partial charge in [-0.3, -0.25) is 4.79 Å². The standard InChI is InChI=1S/C10H20O4S/c1-5-7-8-15(12,13)10(3,4)9(11)14-6-2/h5-8H2,1-4H3. The van der Waals surface area contributed by atoms with E-state index in [9.17, 15) is 13.2 Å². The molecule has 0 atom stereocenters. The summed E-state index contributed by atoms with van der Waals surface area (Å²) in [4.78, 5) is 11.5. The van der Waals surface area contributed by atoms with Gasteiger partial charge in [-0.15, -0.1) is 0 Å². The zero-order chi connectivity index (χ0) is 12.1. The van der Waals surface area contributed by atoms with E-state index in [-0.39, 0.29) is 12.4 Å². The minimum absolute atomic E-state index is 0.0370. The topological polar surface area (TPSA) is 60.4 Å². The van der Waals surface area contributed by atoms with Crippen molar-refractivity contribution in [3.05, 3.63) is 0 Å². The molecule has 0 aliphatic rings. The molecule has 0 bridgehead atoms. The molecule has 0 saturated heterocycles. The highest BCUT2D eigenvalue weighted by molar-refractivity contribution is 7.93. The molecule has 0 aromatic carbocycles. The van der Waals surface area contributed by atoms with Gasteiger partial charge in [0.15, 0.2) is 14.6 Å². The van der Waals surface area contributed by atoms with Crippen LogP contribution in [-0.4, -0.2) is 31.5 Å². The van der Waals surface area contributed by atoms with Crippen molar-refractivity contribution in [2.75, 3.05) is 12.4 Å². The molecule has 0 rings (SSSR count). The number of sulfone groups is 1. The second-order valence-electron chi connectivity index (χ2n) is 3.90. The lowest BCUT2D eigenvalue weighted by Gasteiger charge is -2.22. The molecule has 5 heteroatoms. The van der Waals surface area contributed by atoms with Crippen molar-refractivity contribution >= 4 is 15.8 Å². The first-order chi connectivity index (χ1) is 6.79. The number of hydrogen-bond acceptors (Lipinski definition) is 4. The Morgan fingerprint density at radius 2 is 1.80 bits per heavy atom. The van der Waals surface area contributed by atoms with E-state index < -0.39 is 20.6 Å². The number of esters is 1. The average molecular weight is 236 g/mol. The van der Waals surface area contributed by atoms with Crippen molar-refractivity contribution in [2.24, 2.45) is 0 Å². The molecule has 0 unspecified atom stereocenters. The van der Waals surface area contributed by atoms with Gasteiger partial charge in [0.1, 0.15) is 0 Å². The van der Waals surface area contributed by atoms with Gasteiger partial charge in [-0.05, 0) is 27.2 Å². The fourth-order valence-electron chi connectivity index (χ4n) is 1.02. The van der Waals surface area contributed by atoms with E-state index in [1.165, 1.54) is 13.8 Å². The van der Waals surface area contributed by atoms with Crippen LogP contribution in [0.5, 0.6) is 0 Å². The number of rotatable bonds is 6. The zero-order valence-corrected chi connectivity index (χ0v) is 10.7. The van der Waals surface area contributed by atoms with Crippen molar-refractivity contribution in [3.8, 4) is 0 Å². The summed E-state index contributed by atoms with van der Waals surface area (Å²) in [5.41, 5.74) is 0. The van der Waals surface area contributed by atoms with Crippen LogP contribution < -0.4 is 0 Å². The second kappa shape index (κ2) is 5.49. The monoisotopic (exact) mass is 236 g/mol. The SMILES string of the molecule is CCCCS(=O)(=O)C(C)(C)C(=O)OCC. The minimum Gasteiger partial charge on any atom is -0.465 e. The van der Waals surface area contributed by atoms with Crippen LogP contribution in [0.25, 0.3) is 0 Å². The molecule has 0 N–H and O–H groups in total. The van der Waals surface area contributed by atoms with E-state index in [1.807, 2.05) is 6.92 Å². The molecule has 0 heterocycles. The second-order valence-corrected chi connectivity index (χ2v) is 6.56. The summed E-state index contributed by atoms with van der Waals surface area (Å²) >= 11 is 0. The Balaban J connectivity index is 4.77. The number of carbonyl (C=O) groups is 1. The largest absolute Gasteiger partial charge is 0.465 e. The minimum atomic E-state index is -3.42. The van der Waals surface area contributed by atoms with Gasteiger partial charge >= 0.3 is 5.97 Å². The van der Waals surface area contributed by atoms with Crippen LogP contribution >= 0.6 is 0 Å².